The van der Waals surface area contributed by atoms with E-state index in [0.29, 0.717) is 30.4 Å². The van der Waals surface area contributed by atoms with Crippen LogP contribution in [0, 0.1) is 0 Å². The number of rotatable bonds is 3. The summed E-state index contributed by atoms with van der Waals surface area (Å²) < 4.78 is 11.0. The normalized spacial score (nSPS) is 18.1. The first-order chi connectivity index (χ1) is 13.2. The molecule has 27 heavy (non-hydrogen) atoms. The lowest BCUT2D eigenvalue weighted by atomic mass is 10.1. The second-order valence-electron chi connectivity index (χ2n) is 6.08. The average Bonchev–Trinajstić information content (AvgIpc) is 2.68. The van der Waals surface area contributed by atoms with Gasteiger partial charge in [-0.25, -0.2) is 4.99 Å². The predicted octanol–water partition coefficient (Wildman–Crippen LogP) is 1.75. The van der Waals surface area contributed by atoms with Crippen molar-refractivity contribution in [2.24, 2.45) is 4.99 Å². The van der Waals surface area contributed by atoms with Crippen LogP contribution in [0.5, 0.6) is 11.5 Å². The lowest BCUT2D eigenvalue weighted by molar-refractivity contribution is -0.124. The highest BCUT2D eigenvalue weighted by Gasteiger charge is 2.27. The first kappa shape index (κ1) is 16.9. The predicted molar refractivity (Wildman–Crippen MR) is 100 cm³/mol. The maximum atomic E-state index is 12.6. The zero-order valence-electron chi connectivity index (χ0n) is 14.4. The van der Waals surface area contributed by atoms with Gasteiger partial charge in [0.1, 0.15) is 19.3 Å². The number of aliphatic imine (C=N–C) groups is 1. The molecule has 2 aliphatic heterocycles. The van der Waals surface area contributed by atoms with Crippen molar-refractivity contribution in [3.8, 4) is 11.5 Å². The number of fused-ring (bicyclic) bond motifs is 1. The van der Waals surface area contributed by atoms with E-state index in [0.717, 1.165) is 5.69 Å². The van der Waals surface area contributed by atoms with Crippen LogP contribution < -0.4 is 25.4 Å². The van der Waals surface area contributed by atoms with Crippen LogP contribution in [0.3, 0.4) is 0 Å². The monoisotopic (exact) mass is 366 g/mol. The molecule has 0 spiro atoms. The molecule has 138 valence electrons. The lowest BCUT2D eigenvalue weighted by Crippen LogP contribution is -2.45. The van der Waals surface area contributed by atoms with Gasteiger partial charge >= 0.3 is 0 Å². The van der Waals surface area contributed by atoms with E-state index in [4.69, 9.17) is 9.47 Å². The summed E-state index contributed by atoms with van der Waals surface area (Å²) in [6.45, 7) is 0.966. The average molecular weight is 366 g/mol. The van der Waals surface area contributed by atoms with Gasteiger partial charge in [-0.1, -0.05) is 18.2 Å². The van der Waals surface area contributed by atoms with Gasteiger partial charge in [0, 0.05) is 17.4 Å². The smallest absolute Gasteiger partial charge is 0.249 e. The molecule has 2 aliphatic rings. The molecule has 0 bridgehead atoms. The zero-order chi connectivity index (χ0) is 18.6. The van der Waals surface area contributed by atoms with E-state index in [-0.39, 0.29) is 24.2 Å². The Morgan fingerprint density at radius 1 is 1.04 bits per heavy atom. The van der Waals surface area contributed by atoms with Crippen molar-refractivity contribution in [1.82, 2.24) is 5.32 Å². The molecule has 4 rings (SSSR count). The van der Waals surface area contributed by atoms with Crippen LogP contribution in [-0.4, -0.2) is 37.0 Å². The number of carbonyl (C=O) groups excluding carboxylic acids is 2. The summed E-state index contributed by atoms with van der Waals surface area (Å²) in [5.74, 6) is 0.832. The summed E-state index contributed by atoms with van der Waals surface area (Å²) in [7, 11) is 0. The molecule has 0 saturated carbocycles. The van der Waals surface area contributed by atoms with Gasteiger partial charge in [-0.05, 0) is 24.3 Å². The fourth-order valence-electron chi connectivity index (χ4n) is 2.81. The largest absolute Gasteiger partial charge is 0.486 e. The summed E-state index contributed by atoms with van der Waals surface area (Å²) in [6.07, 6.45) is -0.0175. The molecule has 0 aliphatic carbocycles. The molecule has 8 nitrogen and oxygen atoms in total. The minimum Gasteiger partial charge on any atom is -0.486 e. The molecule has 2 aromatic carbocycles. The van der Waals surface area contributed by atoms with E-state index in [1.165, 1.54) is 0 Å². The molecule has 0 saturated heterocycles. The number of nitrogens with zero attached hydrogens (tertiary/aromatic N) is 1. The van der Waals surface area contributed by atoms with Crippen molar-refractivity contribution < 1.29 is 19.1 Å². The van der Waals surface area contributed by atoms with Crippen LogP contribution in [0.4, 0.5) is 11.4 Å². The van der Waals surface area contributed by atoms with Gasteiger partial charge in [0.2, 0.25) is 17.8 Å². The molecule has 8 heteroatoms. The topological polar surface area (TPSA) is 101 Å². The standard InChI is InChI=1S/C19H18N4O4/c24-17-11-14(22-19(23-17)21-12-4-2-1-3-5-12)18(25)20-13-6-7-15-16(10-13)27-9-8-26-15/h1-7,10,14H,8-9,11H2,(H,20,25)(H2,21,22,23,24). The van der Waals surface area contributed by atoms with E-state index < -0.39 is 6.04 Å². The first-order valence-electron chi connectivity index (χ1n) is 8.57. The number of amides is 2. The number of benzene rings is 2. The van der Waals surface area contributed by atoms with Crippen molar-refractivity contribution >= 4 is 29.1 Å². The Kier molecular flexibility index (Phi) is 4.61. The zero-order valence-corrected chi connectivity index (χ0v) is 14.4. The van der Waals surface area contributed by atoms with Crippen LogP contribution in [0.15, 0.2) is 53.5 Å². The molecule has 2 aromatic rings. The molecule has 0 radical (unpaired) electrons. The molecule has 1 unspecified atom stereocenters. The Bertz CT molecular complexity index is 898. The molecule has 0 aromatic heterocycles. The minimum atomic E-state index is -0.821. The fourth-order valence-corrected chi connectivity index (χ4v) is 2.81. The van der Waals surface area contributed by atoms with Gasteiger partial charge in [0.05, 0.1) is 6.42 Å². The number of para-hydroxylation sites is 1. The number of carbonyl (C=O) groups is 2. The number of anilines is 2. The van der Waals surface area contributed by atoms with E-state index in [2.05, 4.69) is 20.9 Å². The van der Waals surface area contributed by atoms with Gasteiger partial charge in [-0.15, -0.1) is 0 Å². The van der Waals surface area contributed by atoms with E-state index >= 15 is 0 Å². The van der Waals surface area contributed by atoms with E-state index in [1.807, 2.05) is 30.3 Å². The van der Waals surface area contributed by atoms with Crippen molar-refractivity contribution in [3.05, 3.63) is 48.5 Å². The third-order valence-electron chi connectivity index (χ3n) is 4.07. The van der Waals surface area contributed by atoms with Crippen LogP contribution >= 0.6 is 0 Å². The highest BCUT2D eigenvalue weighted by atomic mass is 16.6. The van der Waals surface area contributed by atoms with Crippen LogP contribution in [0.1, 0.15) is 6.42 Å². The third kappa shape index (κ3) is 4.00. The number of ether oxygens (including phenoxy) is 2. The summed E-state index contributed by atoms with van der Waals surface area (Å²) in [5.41, 5.74) is 1.33. The molecular weight excluding hydrogens is 348 g/mol. The Morgan fingerprint density at radius 2 is 1.81 bits per heavy atom. The SMILES string of the molecule is O=C1CC(C(=O)Nc2ccc3c(c2)OCCO3)N=C(Nc2ccccc2)N1. The van der Waals surface area contributed by atoms with Crippen LogP contribution in [0.25, 0.3) is 0 Å². The van der Waals surface area contributed by atoms with Gasteiger partial charge in [0.15, 0.2) is 11.5 Å². The highest BCUT2D eigenvalue weighted by molar-refractivity contribution is 6.10. The summed E-state index contributed by atoms with van der Waals surface area (Å²) in [6, 6.07) is 13.6. The van der Waals surface area contributed by atoms with Gasteiger partial charge < -0.3 is 20.1 Å². The molecule has 1 atom stereocenters. The summed E-state index contributed by atoms with van der Waals surface area (Å²) in [5, 5.41) is 8.42. The lowest BCUT2D eigenvalue weighted by Gasteiger charge is -2.22. The molecule has 0 fully saturated rings. The third-order valence-corrected chi connectivity index (χ3v) is 4.07. The second kappa shape index (κ2) is 7.36. The first-order valence-corrected chi connectivity index (χ1v) is 8.57. The number of hydrogen-bond donors (Lipinski definition) is 3. The molecule has 2 amide bonds. The van der Waals surface area contributed by atoms with Crippen molar-refractivity contribution in [1.29, 1.82) is 0 Å². The number of guanidine groups is 1. The Morgan fingerprint density at radius 3 is 2.63 bits per heavy atom. The Balaban J connectivity index is 1.47. The molecule has 3 N–H and O–H groups in total. The minimum absolute atomic E-state index is 0.0175. The Hall–Kier alpha value is -3.55. The highest BCUT2D eigenvalue weighted by Crippen LogP contribution is 2.32. The summed E-state index contributed by atoms with van der Waals surface area (Å²) in [4.78, 5) is 28.9. The number of hydrogen-bond acceptors (Lipinski definition) is 6. The molecular formula is C19H18N4O4. The Labute approximate surface area is 155 Å². The number of nitrogens with one attached hydrogen (secondary N) is 3. The van der Waals surface area contributed by atoms with Gasteiger partial charge in [-0.3, -0.25) is 14.9 Å². The maximum absolute atomic E-state index is 12.6. The van der Waals surface area contributed by atoms with Crippen molar-refractivity contribution in [3.63, 3.8) is 0 Å². The van der Waals surface area contributed by atoms with E-state index in [1.54, 1.807) is 18.2 Å². The van der Waals surface area contributed by atoms with Gasteiger partial charge in [-0.2, -0.15) is 0 Å². The van der Waals surface area contributed by atoms with Gasteiger partial charge in [0.25, 0.3) is 0 Å². The van der Waals surface area contributed by atoms with Crippen LogP contribution in [-0.2, 0) is 9.59 Å². The van der Waals surface area contributed by atoms with Crippen LogP contribution in [0.2, 0.25) is 0 Å². The summed E-state index contributed by atoms with van der Waals surface area (Å²) >= 11 is 0. The second-order valence-corrected chi connectivity index (χ2v) is 6.08. The quantitative estimate of drug-likeness (QED) is 0.768. The maximum Gasteiger partial charge on any atom is 0.249 e. The van der Waals surface area contributed by atoms with Crippen molar-refractivity contribution in [2.75, 3.05) is 23.8 Å². The van der Waals surface area contributed by atoms with Crippen molar-refractivity contribution in [2.45, 2.75) is 12.5 Å². The molecule has 2 heterocycles. The fraction of sp³-hybridized carbons (Fsp3) is 0.211. The van der Waals surface area contributed by atoms with E-state index in [9.17, 15) is 9.59 Å².